The summed E-state index contributed by atoms with van der Waals surface area (Å²) in [5, 5.41) is 7.31. The number of nitrogens with one attached hydrogen (secondary N) is 2. The van der Waals surface area contributed by atoms with Crippen LogP contribution in [-0.4, -0.2) is 19.7 Å². The molecule has 0 saturated heterocycles. The van der Waals surface area contributed by atoms with E-state index in [2.05, 4.69) is 25.8 Å². The highest BCUT2D eigenvalue weighted by Crippen LogP contribution is 2.19. The third-order valence-corrected chi connectivity index (χ3v) is 2.17. The Labute approximate surface area is 98.0 Å². The highest BCUT2D eigenvalue weighted by molar-refractivity contribution is 5.61. The third-order valence-electron chi connectivity index (χ3n) is 2.17. The molecule has 0 saturated carbocycles. The molecular formula is C9H14N8. The van der Waals surface area contributed by atoms with E-state index in [1.54, 1.807) is 10.7 Å². The van der Waals surface area contributed by atoms with E-state index in [1.807, 2.05) is 20.2 Å². The van der Waals surface area contributed by atoms with Gasteiger partial charge in [0.1, 0.15) is 11.6 Å². The van der Waals surface area contributed by atoms with Gasteiger partial charge in [-0.1, -0.05) is 0 Å². The topological polar surface area (TPSA) is 120 Å². The summed E-state index contributed by atoms with van der Waals surface area (Å²) in [7, 11) is 1.85. The number of hydrogen-bond donors (Lipinski definition) is 4. The Balaban J connectivity index is 2.29. The molecule has 17 heavy (non-hydrogen) atoms. The van der Waals surface area contributed by atoms with E-state index in [-0.39, 0.29) is 5.95 Å². The Kier molecular flexibility index (Phi) is 2.79. The lowest BCUT2D eigenvalue weighted by molar-refractivity contribution is 0.756. The number of anilines is 4. The molecule has 0 aliphatic carbocycles. The maximum Gasteiger partial charge on any atom is 0.223 e. The van der Waals surface area contributed by atoms with Gasteiger partial charge in [-0.15, -0.1) is 0 Å². The van der Waals surface area contributed by atoms with Crippen molar-refractivity contribution >= 4 is 23.3 Å². The molecule has 6 N–H and O–H groups in total. The third kappa shape index (κ3) is 2.42. The van der Waals surface area contributed by atoms with E-state index in [9.17, 15) is 0 Å². The molecule has 2 aromatic rings. The van der Waals surface area contributed by atoms with Crippen LogP contribution in [0.2, 0.25) is 0 Å². The molecule has 0 radical (unpaired) electrons. The highest BCUT2D eigenvalue weighted by atomic mass is 15.3. The van der Waals surface area contributed by atoms with Gasteiger partial charge in [-0.2, -0.15) is 15.1 Å². The van der Waals surface area contributed by atoms with E-state index in [0.29, 0.717) is 11.6 Å². The zero-order valence-electron chi connectivity index (χ0n) is 9.60. The van der Waals surface area contributed by atoms with E-state index in [1.165, 1.54) is 0 Å². The Morgan fingerprint density at radius 2 is 2.00 bits per heavy atom. The van der Waals surface area contributed by atoms with Gasteiger partial charge in [0.15, 0.2) is 0 Å². The lowest BCUT2D eigenvalue weighted by Gasteiger charge is -2.06. The average Bonchev–Trinajstić information content (AvgIpc) is 2.56. The molecule has 0 aliphatic rings. The van der Waals surface area contributed by atoms with Crippen LogP contribution in [-0.2, 0) is 7.05 Å². The van der Waals surface area contributed by atoms with E-state index >= 15 is 0 Å². The zero-order chi connectivity index (χ0) is 12.4. The number of aryl methyl sites for hydroxylation is 2. The Morgan fingerprint density at radius 1 is 1.29 bits per heavy atom. The number of aromatic nitrogens is 4. The number of hydrazine groups is 1. The van der Waals surface area contributed by atoms with Crippen LogP contribution in [0.1, 0.15) is 5.69 Å². The molecule has 8 heteroatoms. The van der Waals surface area contributed by atoms with Crippen molar-refractivity contribution in [3.05, 3.63) is 18.0 Å². The van der Waals surface area contributed by atoms with Crippen molar-refractivity contribution in [2.45, 2.75) is 6.92 Å². The lowest BCUT2D eigenvalue weighted by Crippen LogP contribution is -2.11. The van der Waals surface area contributed by atoms with Gasteiger partial charge in [0.2, 0.25) is 5.95 Å². The second-order valence-corrected chi connectivity index (χ2v) is 3.57. The van der Waals surface area contributed by atoms with Gasteiger partial charge in [-0.05, 0) is 6.92 Å². The van der Waals surface area contributed by atoms with Crippen molar-refractivity contribution in [2.75, 3.05) is 16.5 Å². The summed E-state index contributed by atoms with van der Waals surface area (Å²) in [6.07, 6.45) is 1.85. The summed E-state index contributed by atoms with van der Waals surface area (Å²) < 4.78 is 1.71. The molecule has 8 nitrogen and oxygen atoms in total. The van der Waals surface area contributed by atoms with Crippen LogP contribution in [0.15, 0.2) is 12.3 Å². The van der Waals surface area contributed by atoms with Crippen molar-refractivity contribution in [2.24, 2.45) is 12.9 Å². The molecule has 0 fully saturated rings. The predicted molar refractivity (Wildman–Crippen MR) is 65.5 cm³/mol. The molecule has 0 bridgehead atoms. The predicted octanol–water partition coefficient (Wildman–Crippen LogP) is 0.130. The van der Waals surface area contributed by atoms with Crippen molar-refractivity contribution in [3.63, 3.8) is 0 Å². The maximum atomic E-state index is 5.55. The fourth-order valence-electron chi connectivity index (χ4n) is 1.46. The van der Waals surface area contributed by atoms with Crippen LogP contribution in [0.3, 0.4) is 0 Å². The van der Waals surface area contributed by atoms with Crippen LogP contribution in [0, 0.1) is 6.92 Å². The van der Waals surface area contributed by atoms with E-state index in [0.717, 1.165) is 11.4 Å². The fourth-order valence-corrected chi connectivity index (χ4v) is 1.46. The average molecular weight is 234 g/mol. The first-order valence-corrected chi connectivity index (χ1v) is 4.97. The molecule has 2 heterocycles. The standard InChI is InChI=1S/C9H14N8/c1-5-6(4-17(2)16-5)12-7-3-8(15-11)14-9(10)13-7/h3-4H,11H2,1-2H3,(H4,10,12,13,14,15). The van der Waals surface area contributed by atoms with Crippen molar-refractivity contribution < 1.29 is 0 Å². The van der Waals surface area contributed by atoms with Crippen LogP contribution in [0.5, 0.6) is 0 Å². The van der Waals surface area contributed by atoms with Crippen LogP contribution < -0.4 is 22.3 Å². The fraction of sp³-hybridized carbons (Fsp3) is 0.222. The summed E-state index contributed by atoms with van der Waals surface area (Å²) in [6.45, 7) is 1.90. The second kappa shape index (κ2) is 4.26. The zero-order valence-corrected chi connectivity index (χ0v) is 9.60. The normalized spacial score (nSPS) is 10.3. The van der Waals surface area contributed by atoms with Crippen molar-refractivity contribution in [1.29, 1.82) is 0 Å². The minimum Gasteiger partial charge on any atom is -0.368 e. The number of rotatable bonds is 3. The molecule has 0 unspecified atom stereocenters. The minimum absolute atomic E-state index is 0.143. The molecule has 0 aliphatic heterocycles. The van der Waals surface area contributed by atoms with Gasteiger partial charge in [0.25, 0.3) is 0 Å². The van der Waals surface area contributed by atoms with Crippen molar-refractivity contribution in [3.8, 4) is 0 Å². The quantitative estimate of drug-likeness (QED) is 0.440. The molecule has 90 valence electrons. The SMILES string of the molecule is Cc1nn(C)cc1Nc1cc(NN)nc(N)n1. The molecule has 0 aromatic carbocycles. The second-order valence-electron chi connectivity index (χ2n) is 3.57. The molecule has 0 spiro atoms. The number of nitrogens with two attached hydrogens (primary N) is 2. The summed E-state index contributed by atoms with van der Waals surface area (Å²) in [5.41, 5.74) is 9.70. The Hall–Kier alpha value is -2.35. The van der Waals surface area contributed by atoms with Crippen LogP contribution in [0.4, 0.5) is 23.3 Å². The largest absolute Gasteiger partial charge is 0.368 e. The number of nitrogen functional groups attached to an aromatic ring is 2. The van der Waals surface area contributed by atoms with Gasteiger partial charge in [-0.25, -0.2) is 5.84 Å². The first-order chi connectivity index (χ1) is 8.08. The Morgan fingerprint density at radius 3 is 2.59 bits per heavy atom. The summed E-state index contributed by atoms with van der Waals surface area (Å²) >= 11 is 0. The van der Waals surface area contributed by atoms with Crippen LogP contribution in [0.25, 0.3) is 0 Å². The number of nitrogens with zero attached hydrogens (tertiary/aromatic N) is 4. The van der Waals surface area contributed by atoms with Gasteiger partial charge in [-0.3, -0.25) is 4.68 Å². The minimum atomic E-state index is 0.143. The van der Waals surface area contributed by atoms with E-state index < -0.39 is 0 Å². The molecule has 0 atom stereocenters. The molecular weight excluding hydrogens is 220 g/mol. The molecule has 2 aromatic heterocycles. The van der Waals surface area contributed by atoms with E-state index in [4.69, 9.17) is 11.6 Å². The van der Waals surface area contributed by atoms with Crippen LogP contribution >= 0.6 is 0 Å². The smallest absolute Gasteiger partial charge is 0.223 e. The van der Waals surface area contributed by atoms with Gasteiger partial charge >= 0.3 is 0 Å². The monoisotopic (exact) mass is 234 g/mol. The summed E-state index contributed by atoms with van der Waals surface area (Å²) in [6, 6.07) is 1.66. The van der Waals surface area contributed by atoms with Crippen molar-refractivity contribution in [1.82, 2.24) is 19.7 Å². The van der Waals surface area contributed by atoms with Gasteiger partial charge < -0.3 is 16.5 Å². The number of hydrogen-bond acceptors (Lipinski definition) is 7. The van der Waals surface area contributed by atoms with Gasteiger partial charge in [0, 0.05) is 19.3 Å². The summed E-state index contributed by atoms with van der Waals surface area (Å²) in [5.74, 6) is 6.42. The maximum absolute atomic E-state index is 5.55. The first kappa shape index (κ1) is 11.1. The van der Waals surface area contributed by atoms with Gasteiger partial charge in [0.05, 0.1) is 11.4 Å². The Bertz CT molecular complexity index is 532. The lowest BCUT2D eigenvalue weighted by atomic mass is 10.4. The summed E-state index contributed by atoms with van der Waals surface area (Å²) in [4.78, 5) is 7.94. The highest BCUT2D eigenvalue weighted by Gasteiger charge is 2.06. The first-order valence-electron chi connectivity index (χ1n) is 4.97. The molecule has 0 amide bonds. The molecule has 2 rings (SSSR count).